The van der Waals surface area contributed by atoms with E-state index in [4.69, 9.17) is 0 Å². The van der Waals surface area contributed by atoms with Gasteiger partial charge < -0.3 is 10.0 Å². The Kier molecular flexibility index (Phi) is 1.65. The van der Waals surface area contributed by atoms with Crippen molar-refractivity contribution in [2.45, 2.75) is 31.2 Å². The number of fused-ring (bicyclic) bond motifs is 3. The predicted octanol–water partition coefficient (Wildman–Crippen LogP) is 0.380. The van der Waals surface area contributed by atoms with Gasteiger partial charge in [0, 0.05) is 13.0 Å². The van der Waals surface area contributed by atoms with Gasteiger partial charge in [-0.3, -0.25) is 4.79 Å². The average molecular weight is 169 g/mol. The summed E-state index contributed by atoms with van der Waals surface area (Å²) in [5.74, 6) is 0.491. The molecule has 1 saturated carbocycles. The lowest BCUT2D eigenvalue weighted by atomic mass is 9.71. The van der Waals surface area contributed by atoms with Gasteiger partial charge >= 0.3 is 0 Å². The number of rotatable bonds is 1. The van der Waals surface area contributed by atoms with Crippen LogP contribution in [0.3, 0.4) is 0 Å². The van der Waals surface area contributed by atoms with E-state index in [-0.39, 0.29) is 24.0 Å². The van der Waals surface area contributed by atoms with Crippen LogP contribution < -0.4 is 0 Å². The number of nitrogens with zero attached hydrogens (tertiary/aromatic N) is 1. The van der Waals surface area contributed by atoms with Crippen molar-refractivity contribution in [3.05, 3.63) is 0 Å². The summed E-state index contributed by atoms with van der Waals surface area (Å²) < 4.78 is 0. The van der Waals surface area contributed by atoms with Crippen molar-refractivity contribution in [1.82, 2.24) is 4.90 Å². The van der Waals surface area contributed by atoms with Crippen molar-refractivity contribution in [2.24, 2.45) is 5.92 Å². The number of hydrogen-bond donors (Lipinski definition) is 1. The maximum Gasteiger partial charge on any atom is 0.225 e. The molecule has 12 heavy (non-hydrogen) atoms. The molecule has 0 aromatic heterocycles. The molecule has 2 aliphatic heterocycles. The Labute approximate surface area is 72.4 Å². The third-order valence-corrected chi connectivity index (χ3v) is 3.60. The van der Waals surface area contributed by atoms with Crippen molar-refractivity contribution in [1.29, 1.82) is 0 Å². The van der Waals surface area contributed by atoms with Gasteiger partial charge in [0.1, 0.15) is 0 Å². The summed E-state index contributed by atoms with van der Waals surface area (Å²) in [5.41, 5.74) is -0.203. The van der Waals surface area contributed by atoms with E-state index < -0.39 is 0 Å². The quantitative estimate of drug-likeness (QED) is 0.616. The topological polar surface area (TPSA) is 40.5 Å². The number of carbonyl (C=O) groups is 1. The van der Waals surface area contributed by atoms with Crippen LogP contribution in [0.15, 0.2) is 0 Å². The highest BCUT2D eigenvalue weighted by Gasteiger charge is 2.48. The highest BCUT2D eigenvalue weighted by Crippen LogP contribution is 2.42. The number of aliphatic hydroxyl groups excluding tert-OH is 1. The predicted molar refractivity (Wildman–Crippen MR) is 44.5 cm³/mol. The van der Waals surface area contributed by atoms with Crippen molar-refractivity contribution in [3.8, 4) is 0 Å². The van der Waals surface area contributed by atoms with Crippen LogP contribution in [0.1, 0.15) is 25.7 Å². The van der Waals surface area contributed by atoms with E-state index in [1.54, 1.807) is 4.90 Å². The van der Waals surface area contributed by atoms with Gasteiger partial charge in [0.2, 0.25) is 5.91 Å². The zero-order chi connectivity index (χ0) is 8.77. The van der Waals surface area contributed by atoms with Crippen LogP contribution in [0.5, 0.6) is 0 Å². The van der Waals surface area contributed by atoms with Gasteiger partial charge in [-0.05, 0) is 25.7 Å². The normalized spacial score (nSPS) is 40.7. The molecular weight excluding hydrogens is 154 g/mol. The van der Waals surface area contributed by atoms with Crippen LogP contribution >= 0.6 is 0 Å². The molecule has 0 aromatic carbocycles. The van der Waals surface area contributed by atoms with Gasteiger partial charge in [0.25, 0.3) is 0 Å². The second-order valence-corrected chi connectivity index (χ2v) is 4.05. The summed E-state index contributed by atoms with van der Waals surface area (Å²) in [7, 11) is 1.82. The standard InChI is InChI=1S/C9H15NO2/c1-10-8(12)7-2-4-9(10,6-11)5-3-7/h7,11H,2-6H2,1H3. The lowest BCUT2D eigenvalue weighted by molar-refractivity contribution is -0.156. The molecular formula is C9H15NO2. The molecule has 68 valence electrons. The lowest BCUT2D eigenvalue weighted by Crippen LogP contribution is -2.61. The van der Waals surface area contributed by atoms with Crippen molar-refractivity contribution >= 4 is 5.91 Å². The first-order valence-corrected chi connectivity index (χ1v) is 4.58. The van der Waals surface area contributed by atoms with Crippen LogP contribution in [0.4, 0.5) is 0 Å². The first-order chi connectivity index (χ1) is 5.69. The minimum atomic E-state index is -0.203. The molecule has 1 amide bonds. The highest BCUT2D eigenvalue weighted by molar-refractivity contribution is 5.81. The van der Waals surface area contributed by atoms with Crippen LogP contribution in [0.25, 0.3) is 0 Å². The molecule has 1 aliphatic carbocycles. The van der Waals surface area contributed by atoms with Gasteiger partial charge in [-0.1, -0.05) is 0 Å². The van der Waals surface area contributed by atoms with Gasteiger partial charge in [0.15, 0.2) is 0 Å². The number of aliphatic hydroxyl groups is 1. The largest absolute Gasteiger partial charge is 0.394 e. The van der Waals surface area contributed by atoms with E-state index in [0.717, 1.165) is 25.7 Å². The number of carbonyl (C=O) groups excluding carboxylic acids is 1. The third-order valence-electron chi connectivity index (χ3n) is 3.60. The molecule has 3 aliphatic rings. The highest BCUT2D eigenvalue weighted by atomic mass is 16.3. The number of hydrogen-bond acceptors (Lipinski definition) is 2. The first-order valence-electron chi connectivity index (χ1n) is 4.58. The van der Waals surface area contributed by atoms with Crippen molar-refractivity contribution in [2.75, 3.05) is 13.7 Å². The summed E-state index contributed by atoms with van der Waals surface area (Å²) in [6, 6.07) is 0. The Morgan fingerprint density at radius 1 is 1.58 bits per heavy atom. The average Bonchev–Trinajstić information content (AvgIpc) is 2.14. The molecule has 1 N–H and O–H groups in total. The van der Waals surface area contributed by atoms with Gasteiger partial charge in [-0.15, -0.1) is 0 Å². The van der Waals surface area contributed by atoms with Gasteiger partial charge in [-0.25, -0.2) is 0 Å². The van der Waals surface area contributed by atoms with Crippen molar-refractivity contribution in [3.63, 3.8) is 0 Å². The second kappa shape index (κ2) is 2.46. The minimum Gasteiger partial charge on any atom is -0.394 e. The summed E-state index contributed by atoms with van der Waals surface area (Å²) in [6.07, 6.45) is 3.92. The molecule has 3 nitrogen and oxygen atoms in total. The Bertz CT molecular complexity index is 207. The second-order valence-electron chi connectivity index (χ2n) is 4.05. The molecule has 0 atom stereocenters. The molecule has 0 unspecified atom stereocenters. The zero-order valence-corrected chi connectivity index (χ0v) is 7.42. The fourth-order valence-electron chi connectivity index (χ4n) is 2.51. The first kappa shape index (κ1) is 8.05. The van der Waals surface area contributed by atoms with Crippen LogP contribution in [0.2, 0.25) is 0 Å². The summed E-state index contributed by atoms with van der Waals surface area (Å²) in [4.78, 5) is 13.3. The molecule has 0 spiro atoms. The van der Waals surface area contributed by atoms with E-state index in [0.29, 0.717) is 0 Å². The monoisotopic (exact) mass is 169 g/mol. The minimum absolute atomic E-state index is 0.127. The molecule has 2 bridgehead atoms. The molecule has 0 radical (unpaired) electrons. The Hall–Kier alpha value is -0.570. The molecule has 2 saturated heterocycles. The third kappa shape index (κ3) is 0.829. The van der Waals surface area contributed by atoms with Gasteiger partial charge in [-0.2, -0.15) is 0 Å². The van der Waals surface area contributed by atoms with Crippen LogP contribution in [-0.2, 0) is 4.79 Å². The fraction of sp³-hybridized carbons (Fsp3) is 0.889. The molecule has 2 heterocycles. The Balaban J connectivity index is 2.28. The zero-order valence-electron chi connectivity index (χ0n) is 7.42. The summed E-state index contributed by atoms with van der Waals surface area (Å²) >= 11 is 0. The molecule has 3 heteroatoms. The van der Waals surface area contributed by atoms with Crippen molar-refractivity contribution < 1.29 is 9.90 Å². The van der Waals surface area contributed by atoms with E-state index in [1.807, 2.05) is 7.05 Å². The number of piperidine rings is 2. The van der Waals surface area contributed by atoms with E-state index in [9.17, 15) is 9.90 Å². The maximum absolute atomic E-state index is 11.6. The number of amides is 1. The fourth-order valence-corrected chi connectivity index (χ4v) is 2.51. The smallest absolute Gasteiger partial charge is 0.225 e. The Morgan fingerprint density at radius 2 is 2.17 bits per heavy atom. The van der Waals surface area contributed by atoms with Gasteiger partial charge in [0.05, 0.1) is 12.1 Å². The number of likely N-dealkylation sites (N-methyl/N-ethyl adjacent to an activating group) is 1. The summed E-state index contributed by atoms with van der Waals surface area (Å²) in [5, 5.41) is 9.26. The lowest BCUT2D eigenvalue weighted by Gasteiger charge is -2.51. The Morgan fingerprint density at radius 3 is 2.58 bits per heavy atom. The van der Waals surface area contributed by atoms with E-state index in [2.05, 4.69) is 0 Å². The summed E-state index contributed by atoms with van der Waals surface area (Å²) in [6.45, 7) is 0.127. The van der Waals surface area contributed by atoms with E-state index in [1.165, 1.54) is 0 Å². The molecule has 0 aromatic rings. The molecule has 3 rings (SSSR count). The SMILES string of the molecule is CN1C(=O)C2CCC1(CO)CC2. The molecule has 3 fully saturated rings. The van der Waals surface area contributed by atoms with E-state index >= 15 is 0 Å². The van der Waals surface area contributed by atoms with Crippen LogP contribution in [-0.4, -0.2) is 35.1 Å². The maximum atomic E-state index is 11.6. The van der Waals surface area contributed by atoms with Crippen LogP contribution in [0, 0.1) is 5.92 Å².